The van der Waals surface area contributed by atoms with Crippen LogP contribution in [0.2, 0.25) is 10.0 Å². The number of amides is 2. The molecule has 2 rings (SSSR count). The topological polar surface area (TPSA) is 86.8 Å². The highest BCUT2D eigenvalue weighted by atomic mass is 35.5. The van der Waals surface area contributed by atoms with E-state index in [1.165, 1.54) is 4.90 Å². The van der Waals surface area contributed by atoms with Crippen molar-refractivity contribution in [2.75, 3.05) is 23.7 Å². The Morgan fingerprint density at radius 3 is 2.34 bits per heavy atom. The van der Waals surface area contributed by atoms with Crippen LogP contribution in [-0.4, -0.2) is 50.5 Å². The number of nitrogens with one attached hydrogen (secondary N) is 1. The van der Waals surface area contributed by atoms with Crippen LogP contribution in [0.25, 0.3) is 0 Å². The fraction of sp³-hybridized carbons (Fsp3) is 0.364. The number of sulfonamides is 1. The molecular formula is C22H27Cl2N3O4S. The highest BCUT2D eigenvalue weighted by Crippen LogP contribution is 2.25. The number of hydrogen-bond acceptors (Lipinski definition) is 4. The molecule has 2 amide bonds. The number of benzene rings is 2. The summed E-state index contributed by atoms with van der Waals surface area (Å²) in [6.07, 6.45) is 1.04. The Morgan fingerprint density at radius 1 is 1.12 bits per heavy atom. The van der Waals surface area contributed by atoms with Gasteiger partial charge in [0.1, 0.15) is 12.6 Å². The second-order valence-corrected chi connectivity index (χ2v) is 10.1. The predicted octanol–water partition coefficient (Wildman–Crippen LogP) is 3.62. The van der Waals surface area contributed by atoms with Crippen LogP contribution in [0, 0.1) is 6.92 Å². The van der Waals surface area contributed by atoms with Gasteiger partial charge in [0.15, 0.2) is 0 Å². The lowest BCUT2D eigenvalue weighted by Crippen LogP contribution is -2.51. The Kier molecular flexibility index (Phi) is 8.95. The lowest BCUT2D eigenvalue weighted by atomic mass is 10.1. The molecule has 0 aromatic heterocycles. The molecule has 1 N–H and O–H groups in total. The molecule has 0 aliphatic rings. The first kappa shape index (κ1) is 26.0. The van der Waals surface area contributed by atoms with Gasteiger partial charge in [-0.15, -0.1) is 0 Å². The lowest BCUT2D eigenvalue weighted by Gasteiger charge is -2.32. The summed E-state index contributed by atoms with van der Waals surface area (Å²) in [5, 5.41) is 3.48. The van der Waals surface area contributed by atoms with Gasteiger partial charge in [-0.2, -0.15) is 0 Å². The summed E-state index contributed by atoms with van der Waals surface area (Å²) in [7, 11) is -3.77. The van der Waals surface area contributed by atoms with Crippen molar-refractivity contribution in [3.8, 4) is 0 Å². The van der Waals surface area contributed by atoms with E-state index >= 15 is 0 Å². The molecule has 0 aliphatic carbocycles. The maximum Gasteiger partial charge on any atom is 0.244 e. The smallest absolute Gasteiger partial charge is 0.244 e. The minimum Gasteiger partial charge on any atom is -0.355 e. The van der Waals surface area contributed by atoms with Gasteiger partial charge < -0.3 is 10.2 Å². The van der Waals surface area contributed by atoms with Crippen molar-refractivity contribution in [2.45, 2.75) is 33.4 Å². The minimum atomic E-state index is -3.77. The second-order valence-electron chi connectivity index (χ2n) is 7.38. The van der Waals surface area contributed by atoms with Gasteiger partial charge in [0, 0.05) is 23.1 Å². The van der Waals surface area contributed by atoms with Gasteiger partial charge in [-0.1, -0.05) is 47.5 Å². The number of rotatable bonds is 9. The van der Waals surface area contributed by atoms with E-state index in [-0.39, 0.29) is 12.5 Å². The molecule has 0 unspecified atom stereocenters. The Labute approximate surface area is 199 Å². The van der Waals surface area contributed by atoms with E-state index < -0.39 is 28.5 Å². The van der Waals surface area contributed by atoms with Gasteiger partial charge >= 0.3 is 0 Å². The lowest BCUT2D eigenvalue weighted by molar-refractivity contribution is -0.139. The summed E-state index contributed by atoms with van der Waals surface area (Å²) >= 11 is 12.3. The minimum absolute atomic E-state index is 0.0124. The first-order valence-corrected chi connectivity index (χ1v) is 12.6. The Morgan fingerprint density at radius 2 is 1.78 bits per heavy atom. The average molecular weight is 500 g/mol. The Balaban J connectivity index is 2.43. The van der Waals surface area contributed by atoms with Crippen LogP contribution in [-0.2, 0) is 26.2 Å². The van der Waals surface area contributed by atoms with Crippen LogP contribution in [0.4, 0.5) is 5.69 Å². The van der Waals surface area contributed by atoms with E-state index in [1.807, 2.05) is 0 Å². The molecule has 0 radical (unpaired) electrons. The maximum atomic E-state index is 13.4. The molecular weight excluding hydrogens is 473 g/mol. The second kappa shape index (κ2) is 11.0. The number of nitrogens with zero attached hydrogens (tertiary/aromatic N) is 2. The van der Waals surface area contributed by atoms with Gasteiger partial charge in [-0.3, -0.25) is 13.9 Å². The molecule has 0 fully saturated rings. The normalized spacial score (nSPS) is 12.2. The Hall–Kier alpha value is -2.29. The largest absolute Gasteiger partial charge is 0.355 e. The highest BCUT2D eigenvalue weighted by molar-refractivity contribution is 7.92. The molecule has 2 aromatic carbocycles. The van der Waals surface area contributed by atoms with E-state index in [0.29, 0.717) is 33.4 Å². The molecule has 0 spiro atoms. The number of hydrogen-bond donors (Lipinski definition) is 1. The first-order chi connectivity index (χ1) is 15.0. The van der Waals surface area contributed by atoms with Crippen molar-refractivity contribution in [2.24, 2.45) is 0 Å². The summed E-state index contributed by atoms with van der Waals surface area (Å²) in [4.78, 5) is 27.2. The van der Waals surface area contributed by atoms with E-state index in [4.69, 9.17) is 23.2 Å². The third-order valence-corrected chi connectivity index (χ3v) is 6.65. The quantitative estimate of drug-likeness (QED) is 0.570. The van der Waals surface area contributed by atoms with Gasteiger partial charge in [-0.05, 0) is 50.1 Å². The number of halogens is 2. The fourth-order valence-corrected chi connectivity index (χ4v) is 4.55. The van der Waals surface area contributed by atoms with Gasteiger partial charge in [0.05, 0.1) is 11.9 Å². The number of anilines is 1. The molecule has 0 heterocycles. The highest BCUT2D eigenvalue weighted by Gasteiger charge is 2.30. The average Bonchev–Trinajstić information content (AvgIpc) is 2.71. The molecule has 1 atom stereocenters. The summed E-state index contributed by atoms with van der Waals surface area (Å²) in [6, 6.07) is 10.9. The number of aryl methyl sites for hydroxylation is 1. The van der Waals surface area contributed by atoms with Gasteiger partial charge in [0.2, 0.25) is 21.8 Å². The number of para-hydroxylation sites is 1. The van der Waals surface area contributed by atoms with E-state index in [1.54, 1.807) is 63.2 Å². The maximum absolute atomic E-state index is 13.4. The summed E-state index contributed by atoms with van der Waals surface area (Å²) in [5.41, 5.74) is 1.69. The van der Waals surface area contributed by atoms with Crippen molar-refractivity contribution in [3.05, 3.63) is 63.6 Å². The standard InChI is InChI=1S/C22H27Cl2N3O4S/c1-5-25-22(29)16(3)26(13-17-10-11-18(23)12-19(17)24)21(28)14-27(32(4,30)31)20-9-7-6-8-15(20)2/h6-12,16H,5,13-14H2,1-4H3,(H,25,29)/t16-/m1/s1. The zero-order chi connectivity index (χ0) is 24.1. The van der Waals surface area contributed by atoms with E-state index in [9.17, 15) is 18.0 Å². The molecule has 7 nitrogen and oxygen atoms in total. The van der Waals surface area contributed by atoms with Crippen LogP contribution in [0.1, 0.15) is 25.0 Å². The van der Waals surface area contributed by atoms with Crippen molar-refractivity contribution in [1.82, 2.24) is 10.2 Å². The molecule has 32 heavy (non-hydrogen) atoms. The zero-order valence-electron chi connectivity index (χ0n) is 18.4. The number of carbonyl (C=O) groups is 2. The third-order valence-electron chi connectivity index (χ3n) is 4.94. The summed E-state index contributed by atoms with van der Waals surface area (Å²) in [5.74, 6) is -0.892. The van der Waals surface area contributed by atoms with Crippen molar-refractivity contribution >= 4 is 50.7 Å². The van der Waals surface area contributed by atoms with Crippen LogP contribution in [0.3, 0.4) is 0 Å². The Bertz CT molecular complexity index is 1090. The summed E-state index contributed by atoms with van der Waals surface area (Å²) < 4.78 is 26.1. The monoisotopic (exact) mass is 499 g/mol. The fourth-order valence-electron chi connectivity index (χ4n) is 3.18. The molecule has 0 saturated carbocycles. The van der Waals surface area contributed by atoms with E-state index in [0.717, 1.165) is 10.6 Å². The van der Waals surface area contributed by atoms with Crippen LogP contribution in [0.15, 0.2) is 42.5 Å². The predicted molar refractivity (Wildman–Crippen MR) is 129 cm³/mol. The molecule has 2 aromatic rings. The molecule has 0 saturated heterocycles. The first-order valence-electron chi connectivity index (χ1n) is 10.00. The van der Waals surface area contributed by atoms with Crippen molar-refractivity contribution < 1.29 is 18.0 Å². The molecule has 174 valence electrons. The SMILES string of the molecule is CCNC(=O)[C@@H](C)N(Cc1ccc(Cl)cc1Cl)C(=O)CN(c1ccccc1C)S(C)(=O)=O. The van der Waals surface area contributed by atoms with Crippen LogP contribution >= 0.6 is 23.2 Å². The summed E-state index contributed by atoms with van der Waals surface area (Å²) in [6.45, 7) is 5.07. The van der Waals surface area contributed by atoms with Crippen molar-refractivity contribution in [3.63, 3.8) is 0 Å². The molecule has 0 bridgehead atoms. The molecule has 0 aliphatic heterocycles. The van der Waals surface area contributed by atoms with E-state index in [2.05, 4.69) is 5.32 Å². The van der Waals surface area contributed by atoms with Crippen molar-refractivity contribution in [1.29, 1.82) is 0 Å². The number of likely N-dealkylation sites (N-methyl/N-ethyl adjacent to an activating group) is 1. The van der Waals surface area contributed by atoms with Crippen LogP contribution < -0.4 is 9.62 Å². The third kappa shape index (κ3) is 6.60. The van der Waals surface area contributed by atoms with Gasteiger partial charge in [-0.25, -0.2) is 8.42 Å². The zero-order valence-corrected chi connectivity index (χ0v) is 20.8. The number of carbonyl (C=O) groups excluding carboxylic acids is 2. The van der Waals surface area contributed by atoms with Gasteiger partial charge in [0.25, 0.3) is 0 Å². The van der Waals surface area contributed by atoms with Crippen LogP contribution in [0.5, 0.6) is 0 Å². The molecule has 10 heteroatoms.